The molecule has 0 radical (unpaired) electrons. The second kappa shape index (κ2) is 11.3. The largest absolute Gasteiger partial charge is 0.443 e. The standard InChI is InChI=1S/C32H34FN3O6/c1-30(2,3)41-28(39)34-36(29(40)42-31(4,5)6)32(22-16-18-23(33)19-17-22)25-15-11-10-14-24(25)26(37)35(27(32)38)20-21-12-8-7-9-13-21/h7-19H,20H2,1-6H3,(H,34,39). The third-order valence-electron chi connectivity index (χ3n) is 6.31. The molecule has 3 aromatic carbocycles. The molecule has 1 aliphatic rings. The summed E-state index contributed by atoms with van der Waals surface area (Å²) in [5.74, 6) is -2.05. The monoisotopic (exact) mass is 575 g/mol. The van der Waals surface area contributed by atoms with Crippen LogP contribution in [0.2, 0.25) is 0 Å². The van der Waals surface area contributed by atoms with E-state index in [-0.39, 0.29) is 23.2 Å². The Morgan fingerprint density at radius 1 is 0.833 bits per heavy atom. The van der Waals surface area contributed by atoms with E-state index in [1.54, 1.807) is 84.0 Å². The van der Waals surface area contributed by atoms with E-state index in [0.29, 0.717) is 5.56 Å². The van der Waals surface area contributed by atoms with E-state index in [9.17, 15) is 23.6 Å². The highest BCUT2D eigenvalue weighted by atomic mass is 19.1. The van der Waals surface area contributed by atoms with Crippen molar-refractivity contribution >= 4 is 24.0 Å². The first-order valence-corrected chi connectivity index (χ1v) is 13.4. The van der Waals surface area contributed by atoms with Gasteiger partial charge in [-0.2, -0.15) is 5.01 Å². The predicted octanol–water partition coefficient (Wildman–Crippen LogP) is 5.93. The number of ether oxygens (including phenoxy) is 2. The fourth-order valence-corrected chi connectivity index (χ4v) is 4.72. The number of amides is 4. The first kappa shape index (κ1) is 30.2. The summed E-state index contributed by atoms with van der Waals surface area (Å²) in [6.45, 7) is 9.67. The zero-order valence-corrected chi connectivity index (χ0v) is 24.4. The maximum atomic E-state index is 14.9. The van der Waals surface area contributed by atoms with Gasteiger partial charge in [-0.1, -0.05) is 60.7 Å². The summed E-state index contributed by atoms with van der Waals surface area (Å²) < 4.78 is 25.4. The van der Waals surface area contributed by atoms with Gasteiger partial charge >= 0.3 is 12.2 Å². The number of carbonyl (C=O) groups is 4. The van der Waals surface area contributed by atoms with Gasteiger partial charge in [-0.3, -0.25) is 14.5 Å². The minimum absolute atomic E-state index is 0.0952. The molecule has 0 aromatic heterocycles. The van der Waals surface area contributed by atoms with Crippen LogP contribution in [0.25, 0.3) is 0 Å². The number of halogens is 1. The average molecular weight is 576 g/mol. The van der Waals surface area contributed by atoms with Gasteiger partial charge in [0.2, 0.25) is 0 Å². The van der Waals surface area contributed by atoms with E-state index in [1.165, 1.54) is 24.3 Å². The molecule has 1 aliphatic heterocycles. The van der Waals surface area contributed by atoms with E-state index in [2.05, 4.69) is 5.43 Å². The second-order valence-electron chi connectivity index (χ2n) is 11.9. The molecule has 0 spiro atoms. The van der Waals surface area contributed by atoms with Gasteiger partial charge in [0, 0.05) is 11.1 Å². The molecule has 4 amide bonds. The van der Waals surface area contributed by atoms with Gasteiger partial charge < -0.3 is 9.47 Å². The summed E-state index contributed by atoms with van der Waals surface area (Å²) in [4.78, 5) is 56.9. The quantitative estimate of drug-likeness (QED) is 0.306. The minimum atomic E-state index is -2.20. The Morgan fingerprint density at radius 2 is 1.40 bits per heavy atom. The molecule has 4 rings (SSSR count). The Balaban J connectivity index is 2.04. The topological polar surface area (TPSA) is 105 Å². The molecule has 0 bridgehead atoms. The van der Waals surface area contributed by atoms with Crippen LogP contribution in [-0.2, 0) is 26.4 Å². The van der Waals surface area contributed by atoms with Crippen LogP contribution in [0.5, 0.6) is 0 Å². The highest BCUT2D eigenvalue weighted by Gasteiger charge is 2.59. The van der Waals surface area contributed by atoms with Crippen LogP contribution in [0.1, 0.15) is 68.6 Å². The van der Waals surface area contributed by atoms with Crippen LogP contribution >= 0.6 is 0 Å². The number of nitrogens with one attached hydrogen (secondary N) is 1. The van der Waals surface area contributed by atoms with Crippen LogP contribution in [0.3, 0.4) is 0 Å². The highest BCUT2D eigenvalue weighted by Crippen LogP contribution is 2.44. The summed E-state index contributed by atoms with van der Waals surface area (Å²) in [6, 6.07) is 20.0. The number of benzene rings is 3. The maximum absolute atomic E-state index is 14.9. The van der Waals surface area contributed by atoms with Gasteiger partial charge in [-0.15, -0.1) is 0 Å². The Kier molecular flexibility index (Phi) is 8.11. The van der Waals surface area contributed by atoms with E-state index >= 15 is 0 Å². The Morgan fingerprint density at radius 3 is 2.00 bits per heavy atom. The maximum Gasteiger partial charge on any atom is 0.431 e. The lowest BCUT2D eigenvalue weighted by Gasteiger charge is -2.47. The number of nitrogens with zero attached hydrogens (tertiary/aromatic N) is 2. The lowest BCUT2D eigenvalue weighted by Crippen LogP contribution is -2.68. The molecule has 9 nitrogen and oxygen atoms in total. The van der Waals surface area contributed by atoms with E-state index in [4.69, 9.17) is 9.47 Å². The molecule has 1 N–H and O–H groups in total. The van der Waals surface area contributed by atoms with Crippen LogP contribution in [0, 0.1) is 5.82 Å². The molecule has 0 saturated heterocycles. The van der Waals surface area contributed by atoms with Crippen LogP contribution in [0.4, 0.5) is 14.0 Å². The predicted molar refractivity (Wildman–Crippen MR) is 152 cm³/mol. The number of hydrogen-bond acceptors (Lipinski definition) is 6. The zero-order chi connectivity index (χ0) is 30.9. The van der Waals surface area contributed by atoms with Crippen LogP contribution in [0.15, 0.2) is 78.9 Å². The number of carbonyl (C=O) groups excluding carboxylic acids is 4. The highest BCUT2D eigenvalue weighted by molar-refractivity contribution is 6.15. The molecule has 0 fully saturated rings. The zero-order valence-electron chi connectivity index (χ0n) is 24.4. The van der Waals surface area contributed by atoms with Gasteiger partial charge in [0.25, 0.3) is 11.8 Å². The van der Waals surface area contributed by atoms with Crippen molar-refractivity contribution in [1.29, 1.82) is 0 Å². The number of hydrogen-bond donors (Lipinski definition) is 1. The lowest BCUT2D eigenvalue weighted by molar-refractivity contribution is -0.143. The molecule has 0 aliphatic carbocycles. The van der Waals surface area contributed by atoms with Crippen molar-refractivity contribution in [1.82, 2.24) is 15.3 Å². The fraction of sp³-hybridized carbons (Fsp3) is 0.312. The number of rotatable bonds is 4. The Bertz CT molecular complexity index is 1500. The summed E-state index contributed by atoms with van der Waals surface area (Å²) in [5, 5.41) is 0.741. The summed E-state index contributed by atoms with van der Waals surface area (Å²) in [7, 11) is 0. The van der Waals surface area contributed by atoms with E-state index < -0.39 is 46.6 Å². The molecular formula is C32H34FN3O6. The first-order chi connectivity index (χ1) is 19.6. The third-order valence-corrected chi connectivity index (χ3v) is 6.31. The molecule has 42 heavy (non-hydrogen) atoms. The summed E-state index contributed by atoms with van der Waals surface area (Å²) in [6.07, 6.45) is -2.15. The minimum Gasteiger partial charge on any atom is -0.443 e. The molecular weight excluding hydrogens is 541 g/mol. The molecule has 3 aromatic rings. The van der Waals surface area contributed by atoms with Gasteiger partial charge in [0.15, 0.2) is 5.54 Å². The number of hydrazine groups is 1. The second-order valence-corrected chi connectivity index (χ2v) is 11.9. The van der Waals surface area contributed by atoms with Crippen molar-refractivity contribution in [3.05, 3.63) is 107 Å². The van der Waals surface area contributed by atoms with Crippen molar-refractivity contribution in [3.63, 3.8) is 0 Å². The van der Waals surface area contributed by atoms with Crippen molar-refractivity contribution in [2.45, 2.75) is 64.8 Å². The normalized spacial score (nSPS) is 16.9. The van der Waals surface area contributed by atoms with Crippen molar-refractivity contribution in [3.8, 4) is 0 Å². The smallest absolute Gasteiger partial charge is 0.431 e. The molecule has 220 valence electrons. The third kappa shape index (κ3) is 6.12. The molecule has 1 unspecified atom stereocenters. The van der Waals surface area contributed by atoms with Gasteiger partial charge in [-0.25, -0.2) is 19.4 Å². The van der Waals surface area contributed by atoms with Gasteiger partial charge in [0.1, 0.15) is 17.0 Å². The summed E-state index contributed by atoms with van der Waals surface area (Å²) in [5.41, 5.74) is -0.821. The average Bonchev–Trinajstić information content (AvgIpc) is 2.90. The molecule has 0 saturated carbocycles. The molecule has 10 heteroatoms. The van der Waals surface area contributed by atoms with Gasteiger partial charge in [0.05, 0.1) is 6.54 Å². The SMILES string of the molecule is CC(C)(C)OC(=O)NN(C(=O)OC(C)(C)C)C1(c2ccc(F)cc2)C(=O)N(Cc2ccccc2)C(=O)c2ccccc21. The van der Waals surface area contributed by atoms with E-state index in [1.807, 2.05) is 0 Å². The van der Waals surface area contributed by atoms with E-state index in [0.717, 1.165) is 22.0 Å². The van der Waals surface area contributed by atoms with Crippen LogP contribution < -0.4 is 5.43 Å². The van der Waals surface area contributed by atoms with Gasteiger partial charge in [-0.05, 0) is 70.9 Å². The van der Waals surface area contributed by atoms with Crippen molar-refractivity contribution in [2.75, 3.05) is 0 Å². The number of fused-ring (bicyclic) bond motifs is 1. The fourth-order valence-electron chi connectivity index (χ4n) is 4.72. The van der Waals surface area contributed by atoms with Crippen molar-refractivity contribution in [2.24, 2.45) is 0 Å². The van der Waals surface area contributed by atoms with Crippen LogP contribution in [-0.4, -0.2) is 45.1 Å². The first-order valence-electron chi connectivity index (χ1n) is 13.4. The Labute approximate surface area is 244 Å². The summed E-state index contributed by atoms with van der Waals surface area (Å²) >= 11 is 0. The molecule has 1 atom stereocenters. The lowest BCUT2D eigenvalue weighted by atomic mass is 9.75. The number of imide groups is 1. The van der Waals surface area contributed by atoms with Crippen molar-refractivity contribution < 1.29 is 33.0 Å². The Hall–Kier alpha value is -4.73. The molecule has 1 heterocycles.